The minimum absolute atomic E-state index is 0.121. The summed E-state index contributed by atoms with van der Waals surface area (Å²) in [4.78, 5) is 2.14. The van der Waals surface area contributed by atoms with Gasteiger partial charge in [0, 0.05) is 31.8 Å². The molecule has 1 aromatic carbocycles. The first-order valence-corrected chi connectivity index (χ1v) is 7.47. The lowest BCUT2D eigenvalue weighted by Gasteiger charge is -2.21. The lowest BCUT2D eigenvalue weighted by Crippen LogP contribution is -2.28. The topological polar surface area (TPSA) is 24.5 Å². The molecule has 20 heavy (non-hydrogen) atoms. The fourth-order valence-corrected chi connectivity index (χ4v) is 2.62. The van der Waals surface area contributed by atoms with Crippen LogP contribution in [0.25, 0.3) is 0 Å². The molecule has 0 aromatic heterocycles. The van der Waals surface area contributed by atoms with E-state index in [4.69, 9.17) is 4.74 Å². The number of ether oxygens (including phenoxy) is 1. The molecule has 0 bridgehead atoms. The van der Waals surface area contributed by atoms with E-state index in [2.05, 4.69) is 17.1 Å². The zero-order valence-electron chi connectivity index (χ0n) is 12.5. The van der Waals surface area contributed by atoms with Crippen molar-refractivity contribution in [3.05, 3.63) is 35.1 Å². The average Bonchev–Trinajstić information content (AvgIpc) is 2.92. The highest BCUT2D eigenvalue weighted by molar-refractivity contribution is 5.25. The normalized spacial score (nSPS) is 18.9. The minimum atomic E-state index is -0.121. The van der Waals surface area contributed by atoms with Crippen LogP contribution in [0.15, 0.2) is 18.2 Å². The van der Waals surface area contributed by atoms with E-state index >= 15 is 0 Å². The average molecular weight is 280 g/mol. The third kappa shape index (κ3) is 4.54. The Labute approximate surface area is 121 Å². The SMILES string of the molecule is CCNCc1ccc(F)c(CN(C)CC2CCCO2)c1. The molecular formula is C16H25FN2O. The zero-order valence-corrected chi connectivity index (χ0v) is 12.5. The van der Waals surface area contributed by atoms with E-state index in [9.17, 15) is 4.39 Å². The second kappa shape index (κ2) is 7.72. The molecule has 1 fully saturated rings. The summed E-state index contributed by atoms with van der Waals surface area (Å²) in [6.45, 7) is 6.15. The first-order valence-electron chi connectivity index (χ1n) is 7.47. The lowest BCUT2D eigenvalue weighted by atomic mass is 10.1. The predicted molar refractivity (Wildman–Crippen MR) is 79.1 cm³/mol. The Hall–Kier alpha value is -0.970. The molecule has 0 saturated carbocycles. The van der Waals surface area contributed by atoms with Gasteiger partial charge in [0.15, 0.2) is 0 Å². The van der Waals surface area contributed by atoms with E-state index < -0.39 is 0 Å². The van der Waals surface area contributed by atoms with Crippen LogP contribution in [0.2, 0.25) is 0 Å². The summed E-state index contributed by atoms with van der Waals surface area (Å²) in [6.07, 6.45) is 2.58. The van der Waals surface area contributed by atoms with Crippen molar-refractivity contribution in [3.63, 3.8) is 0 Å². The van der Waals surface area contributed by atoms with Gasteiger partial charge in [-0.3, -0.25) is 4.90 Å². The zero-order chi connectivity index (χ0) is 14.4. The van der Waals surface area contributed by atoms with Gasteiger partial charge in [0.05, 0.1) is 6.10 Å². The predicted octanol–water partition coefficient (Wildman–Crippen LogP) is 2.55. The van der Waals surface area contributed by atoms with Crippen LogP contribution < -0.4 is 5.32 Å². The summed E-state index contributed by atoms with van der Waals surface area (Å²) >= 11 is 0. The quantitative estimate of drug-likeness (QED) is 0.830. The van der Waals surface area contributed by atoms with Gasteiger partial charge >= 0.3 is 0 Å². The maximum atomic E-state index is 13.9. The Morgan fingerprint density at radius 1 is 1.45 bits per heavy atom. The molecule has 4 heteroatoms. The summed E-state index contributed by atoms with van der Waals surface area (Å²) in [6, 6.07) is 5.38. The number of nitrogens with zero attached hydrogens (tertiary/aromatic N) is 1. The van der Waals surface area contributed by atoms with Crippen LogP contribution in [-0.4, -0.2) is 37.7 Å². The largest absolute Gasteiger partial charge is 0.377 e. The number of benzene rings is 1. The van der Waals surface area contributed by atoms with E-state index in [0.29, 0.717) is 12.6 Å². The molecule has 1 saturated heterocycles. The summed E-state index contributed by atoms with van der Waals surface area (Å²) in [5.74, 6) is -0.121. The third-order valence-electron chi connectivity index (χ3n) is 3.67. The van der Waals surface area contributed by atoms with E-state index in [1.54, 1.807) is 6.07 Å². The van der Waals surface area contributed by atoms with Crippen LogP contribution in [-0.2, 0) is 17.8 Å². The van der Waals surface area contributed by atoms with Gasteiger partial charge in [-0.25, -0.2) is 4.39 Å². The lowest BCUT2D eigenvalue weighted by molar-refractivity contribution is 0.0790. The van der Waals surface area contributed by atoms with E-state index in [1.165, 1.54) is 0 Å². The van der Waals surface area contributed by atoms with Crippen molar-refractivity contribution in [2.24, 2.45) is 0 Å². The van der Waals surface area contributed by atoms with E-state index in [1.807, 2.05) is 19.2 Å². The van der Waals surface area contributed by atoms with Crippen LogP contribution >= 0.6 is 0 Å². The Bertz CT molecular complexity index is 419. The van der Waals surface area contributed by atoms with E-state index in [0.717, 1.165) is 50.2 Å². The molecule has 1 aromatic rings. The molecule has 1 aliphatic heterocycles. The fourth-order valence-electron chi connectivity index (χ4n) is 2.62. The Morgan fingerprint density at radius 3 is 3.00 bits per heavy atom. The van der Waals surface area contributed by atoms with Crippen molar-refractivity contribution in [2.45, 2.75) is 39.0 Å². The molecule has 0 aliphatic carbocycles. The molecule has 0 radical (unpaired) electrons. The molecule has 1 atom stereocenters. The van der Waals surface area contributed by atoms with E-state index in [-0.39, 0.29) is 5.82 Å². The second-order valence-electron chi connectivity index (χ2n) is 5.54. The Kier molecular flexibility index (Phi) is 5.95. The molecule has 3 nitrogen and oxygen atoms in total. The number of likely N-dealkylation sites (N-methyl/N-ethyl adjacent to an activating group) is 1. The molecule has 0 amide bonds. The van der Waals surface area contributed by atoms with Crippen LogP contribution in [0.3, 0.4) is 0 Å². The first-order chi connectivity index (χ1) is 9.69. The van der Waals surface area contributed by atoms with Crippen LogP contribution in [0, 0.1) is 5.82 Å². The Morgan fingerprint density at radius 2 is 2.30 bits per heavy atom. The molecular weight excluding hydrogens is 255 g/mol. The minimum Gasteiger partial charge on any atom is -0.377 e. The fraction of sp³-hybridized carbons (Fsp3) is 0.625. The van der Waals surface area contributed by atoms with Crippen molar-refractivity contribution in [1.29, 1.82) is 0 Å². The summed E-state index contributed by atoms with van der Waals surface area (Å²) < 4.78 is 19.5. The third-order valence-corrected chi connectivity index (χ3v) is 3.67. The van der Waals surface area contributed by atoms with Gasteiger partial charge in [-0.15, -0.1) is 0 Å². The molecule has 112 valence electrons. The van der Waals surface area contributed by atoms with Gasteiger partial charge in [-0.05, 0) is 38.1 Å². The van der Waals surface area contributed by atoms with Crippen LogP contribution in [0.4, 0.5) is 4.39 Å². The van der Waals surface area contributed by atoms with Crippen molar-refractivity contribution in [1.82, 2.24) is 10.2 Å². The van der Waals surface area contributed by atoms with Crippen molar-refractivity contribution < 1.29 is 9.13 Å². The highest BCUT2D eigenvalue weighted by Crippen LogP contribution is 2.16. The van der Waals surface area contributed by atoms with Crippen molar-refractivity contribution in [2.75, 3.05) is 26.7 Å². The standard InChI is InChI=1S/C16H25FN2O/c1-3-18-10-13-6-7-16(17)14(9-13)11-19(2)12-15-5-4-8-20-15/h6-7,9,15,18H,3-5,8,10-12H2,1-2H3. The van der Waals surface area contributed by atoms with Crippen molar-refractivity contribution in [3.8, 4) is 0 Å². The summed E-state index contributed by atoms with van der Waals surface area (Å²) in [5, 5.41) is 3.27. The van der Waals surface area contributed by atoms with Gasteiger partial charge < -0.3 is 10.1 Å². The molecule has 0 spiro atoms. The maximum absolute atomic E-state index is 13.9. The number of rotatable bonds is 7. The number of halogens is 1. The molecule has 2 rings (SSSR count). The van der Waals surface area contributed by atoms with Gasteiger partial charge in [-0.1, -0.05) is 19.1 Å². The molecule has 1 unspecified atom stereocenters. The highest BCUT2D eigenvalue weighted by Gasteiger charge is 2.18. The molecule has 1 heterocycles. The number of hydrogen-bond donors (Lipinski definition) is 1. The number of nitrogens with one attached hydrogen (secondary N) is 1. The first kappa shape index (κ1) is 15.4. The molecule has 1 N–H and O–H groups in total. The van der Waals surface area contributed by atoms with Crippen LogP contribution in [0.5, 0.6) is 0 Å². The number of hydrogen-bond acceptors (Lipinski definition) is 3. The monoisotopic (exact) mass is 280 g/mol. The highest BCUT2D eigenvalue weighted by atomic mass is 19.1. The summed E-state index contributed by atoms with van der Waals surface area (Å²) in [5.41, 5.74) is 1.90. The van der Waals surface area contributed by atoms with Crippen LogP contribution in [0.1, 0.15) is 30.9 Å². The molecule has 1 aliphatic rings. The van der Waals surface area contributed by atoms with Gasteiger partial charge in [0.25, 0.3) is 0 Å². The van der Waals surface area contributed by atoms with Gasteiger partial charge in [0.1, 0.15) is 5.82 Å². The Balaban J connectivity index is 1.92. The van der Waals surface area contributed by atoms with Gasteiger partial charge in [-0.2, -0.15) is 0 Å². The summed E-state index contributed by atoms with van der Waals surface area (Å²) in [7, 11) is 2.03. The second-order valence-corrected chi connectivity index (χ2v) is 5.54. The van der Waals surface area contributed by atoms with Gasteiger partial charge in [0.2, 0.25) is 0 Å². The van der Waals surface area contributed by atoms with Crippen molar-refractivity contribution >= 4 is 0 Å². The maximum Gasteiger partial charge on any atom is 0.127 e. The smallest absolute Gasteiger partial charge is 0.127 e.